The number of benzene rings is 1. The number of carbonyl (C=O) groups excluding carboxylic acids is 2. The Bertz CT molecular complexity index is 1340. The second-order valence-electron chi connectivity index (χ2n) is 8.57. The molecule has 1 atom stereocenters. The number of fused-ring (bicyclic) bond motifs is 1. The van der Waals surface area contributed by atoms with E-state index in [0.29, 0.717) is 22.6 Å². The van der Waals surface area contributed by atoms with Gasteiger partial charge in [0.15, 0.2) is 5.65 Å². The molecule has 216 valence electrons. The number of rotatable bonds is 8. The lowest BCUT2D eigenvalue weighted by Gasteiger charge is -2.35. The summed E-state index contributed by atoms with van der Waals surface area (Å²) in [5.41, 5.74) is 1.90. The van der Waals surface area contributed by atoms with Gasteiger partial charge in [-0.1, -0.05) is 0 Å². The molecule has 10 nitrogen and oxygen atoms in total. The summed E-state index contributed by atoms with van der Waals surface area (Å²) in [6.07, 6.45) is -10.1. The Morgan fingerprint density at radius 1 is 1.00 bits per heavy atom. The zero-order chi connectivity index (χ0) is 29.1. The Morgan fingerprint density at radius 3 is 2.27 bits per heavy atom. The number of hydrogen-bond acceptors (Lipinski definition) is 9. The van der Waals surface area contributed by atoms with Crippen LogP contribution >= 0.6 is 15.9 Å². The van der Waals surface area contributed by atoms with Crippen molar-refractivity contribution in [3.8, 4) is 17.1 Å². The summed E-state index contributed by atoms with van der Waals surface area (Å²) < 4.78 is 86.6. The summed E-state index contributed by atoms with van der Waals surface area (Å²) in [5.74, 6) is -3.97. The minimum absolute atomic E-state index is 0.0306. The van der Waals surface area contributed by atoms with E-state index in [9.17, 15) is 35.9 Å². The van der Waals surface area contributed by atoms with Crippen molar-refractivity contribution in [2.24, 2.45) is 0 Å². The largest absolute Gasteiger partial charge is 0.492 e. The van der Waals surface area contributed by atoms with Crippen molar-refractivity contribution >= 4 is 39.0 Å². The molecule has 0 bridgehead atoms. The van der Waals surface area contributed by atoms with E-state index in [1.54, 1.807) is 41.4 Å². The molecule has 0 amide bonds. The number of aromatic nitrogens is 3. The van der Waals surface area contributed by atoms with E-state index in [2.05, 4.69) is 40.5 Å². The number of alkyl halides is 6. The standard InChI is InChI=1S/C23H20BrF6N5O5/c24-14-9-17-19(31-10-14)33-18(32-17)13-1-3-15(4-2-13)38-12-16(39-20(36)22(25,26)27)11-34-5-7-35(8-6-34)40-21(37)23(28,29)30/h1-4,9-10,16H,5-8,11-12H2,(H,31,32,33). The van der Waals surface area contributed by atoms with E-state index in [4.69, 9.17) is 4.74 Å². The molecule has 0 radical (unpaired) electrons. The topological polar surface area (TPSA) is 110 Å². The first-order valence-corrected chi connectivity index (χ1v) is 12.4. The predicted octanol–water partition coefficient (Wildman–Crippen LogP) is 3.88. The molecular weight excluding hydrogens is 620 g/mol. The maximum atomic E-state index is 12.8. The van der Waals surface area contributed by atoms with Gasteiger partial charge in [0, 0.05) is 49.0 Å². The first-order chi connectivity index (χ1) is 18.8. The van der Waals surface area contributed by atoms with Crippen LogP contribution in [0.25, 0.3) is 22.6 Å². The average Bonchev–Trinajstić information content (AvgIpc) is 3.30. The minimum Gasteiger partial charge on any atom is -0.490 e. The van der Waals surface area contributed by atoms with Crippen LogP contribution in [0.3, 0.4) is 0 Å². The summed E-state index contributed by atoms with van der Waals surface area (Å²) in [6.45, 7) is -0.863. The summed E-state index contributed by atoms with van der Waals surface area (Å²) in [6, 6.07) is 8.24. The van der Waals surface area contributed by atoms with Gasteiger partial charge in [0.25, 0.3) is 0 Å². The van der Waals surface area contributed by atoms with Crippen LogP contribution in [0.1, 0.15) is 0 Å². The smallest absolute Gasteiger partial charge is 0.490 e. The molecule has 1 aromatic carbocycles. The number of piperazine rings is 1. The summed E-state index contributed by atoms with van der Waals surface area (Å²) in [5, 5.41) is 0.804. The van der Waals surface area contributed by atoms with Crippen LogP contribution in [0.5, 0.6) is 5.75 Å². The van der Waals surface area contributed by atoms with Gasteiger partial charge in [-0.05, 0) is 46.3 Å². The Morgan fingerprint density at radius 2 is 1.65 bits per heavy atom. The molecule has 1 unspecified atom stereocenters. The second kappa shape index (κ2) is 12.0. The van der Waals surface area contributed by atoms with E-state index < -0.39 is 37.0 Å². The van der Waals surface area contributed by atoms with Gasteiger partial charge in [-0.15, -0.1) is 5.06 Å². The van der Waals surface area contributed by atoms with Crippen molar-refractivity contribution in [3.63, 3.8) is 0 Å². The molecule has 3 aromatic rings. The van der Waals surface area contributed by atoms with Crippen molar-refractivity contribution in [3.05, 3.63) is 41.0 Å². The van der Waals surface area contributed by atoms with Crippen molar-refractivity contribution < 1.29 is 50.2 Å². The van der Waals surface area contributed by atoms with Crippen LogP contribution in [0.4, 0.5) is 26.3 Å². The molecule has 2 aromatic heterocycles. The van der Waals surface area contributed by atoms with Gasteiger partial charge in [0.2, 0.25) is 0 Å². The number of hydrogen-bond donors (Lipinski definition) is 1. The van der Waals surface area contributed by atoms with Crippen LogP contribution in [-0.2, 0) is 19.2 Å². The summed E-state index contributed by atoms with van der Waals surface area (Å²) in [7, 11) is 0. The Balaban J connectivity index is 1.36. The van der Waals surface area contributed by atoms with Crippen molar-refractivity contribution in [1.82, 2.24) is 24.9 Å². The first-order valence-electron chi connectivity index (χ1n) is 11.6. The minimum atomic E-state index is -5.23. The number of H-pyrrole nitrogens is 1. The first kappa shape index (κ1) is 29.5. The lowest BCUT2D eigenvalue weighted by molar-refractivity contribution is -0.243. The fraction of sp³-hybridized carbons (Fsp3) is 0.391. The quantitative estimate of drug-likeness (QED) is 0.290. The third-order valence-electron chi connectivity index (χ3n) is 5.61. The maximum Gasteiger partial charge on any atom is 0.492 e. The van der Waals surface area contributed by atoms with Crippen molar-refractivity contribution in [2.45, 2.75) is 18.5 Å². The number of nitrogens with zero attached hydrogens (tertiary/aromatic N) is 4. The Hall–Kier alpha value is -3.44. The molecule has 1 aliphatic rings. The van der Waals surface area contributed by atoms with Gasteiger partial charge < -0.3 is 19.3 Å². The summed E-state index contributed by atoms with van der Waals surface area (Å²) in [4.78, 5) is 40.0. The van der Waals surface area contributed by atoms with E-state index in [-0.39, 0.29) is 38.5 Å². The highest BCUT2D eigenvalue weighted by Crippen LogP contribution is 2.24. The predicted molar refractivity (Wildman–Crippen MR) is 129 cm³/mol. The molecule has 0 aliphatic carbocycles. The number of hydroxylamine groups is 2. The van der Waals surface area contributed by atoms with Crippen molar-refractivity contribution in [2.75, 3.05) is 39.3 Å². The number of nitrogens with one attached hydrogen (secondary N) is 1. The Kier molecular flexibility index (Phi) is 8.84. The van der Waals surface area contributed by atoms with Crippen LogP contribution < -0.4 is 4.74 Å². The molecule has 1 aliphatic heterocycles. The third-order valence-corrected chi connectivity index (χ3v) is 6.04. The molecule has 17 heteroatoms. The van der Waals surface area contributed by atoms with Crippen LogP contribution in [-0.4, -0.2) is 94.6 Å². The lowest BCUT2D eigenvalue weighted by atomic mass is 10.2. The number of imidazole rings is 1. The molecule has 3 heterocycles. The van der Waals surface area contributed by atoms with Gasteiger partial charge in [-0.2, -0.15) is 26.3 Å². The molecule has 40 heavy (non-hydrogen) atoms. The fourth-order valence-electron chi connectivity index (χ4n) is 3.71. The fourth-order valence-corrected chi connectivity index (χ4v) is 4.03. The van der Waals surface area contributed by atoms with E-state index >= 15 is 0 Å². The van der Waals surface area contributed by atoms with Gasteiger partial charge in [0.1, 0.15) is 29.8 Å². The van der Waals surface area contributed by atoms with Crippen LogP contribution in [0.15, 0.2) is 41.0 Å². The maximum absolute atomic E-state index is 12.8. The van der Waals surface area contributed by atoms with Gasteiger partial charge in [-0.3, -0.25) is 4.90 Å². The zero-order valence-electron chi connectivity index (χ0n) is 20.3. The molecule has 0 saturated carbocycles. The molecule has 4 rings (SSSR count). The lowest BCUT2D eigenvalue weighted by Crippen LogP contribution is -2.51. The van der Waals surface area contributed by atoms with E-state index in [1.165, 1.54) is 0 Å². The number of ether oxygens (including phenoxy) is 2. The zero-order valence-corrected chi connectivity index (χ0v) is 21.8. The van der Waals surface area contributed by atoms with Crippen molar-refractivity contribution in [1.29, 1.82) is 0 Å². The third kappa shape index (κ3) is 7.82. The number of pyridine rings is 1. The van der Waals surface area contributed by atoms with Gasteiger partial charge >= 0.3 is 24.3 Å². The van der Waals surface area contributed by atoms with Gasteiger partial charge in [0.05, 0.1) is 0 Å². The Labute approximate surface area is 230 Å². The second-order valence-corrected chi connectivity index (χ2v) is 9.49. The SMILES string of the molecule is O=C(OC(COc1ccc(-c2nc3cc(Br)cnc3[nH]2)cc1)CN1CCN(OC(=O)C(F)(F)F)CC1)C(F)(F)F. The average molecular weight is 640 g/mol. The monoisotopic (exact) mass is 639 g/mol. The highest BCUT2D eigenvalue weighted by molar-refractivity contribution is 9.10. The normalized spacial score (nSPS) is 16.1. The molecule has 1 fully saturated rings. The van der Waals surface area contributed by atoms with E-state index in [1.807, 2.05) is 0 Å². The number of halogens is 7. The molecular formula is C23H20BrF6N5O5. The van der Waals surface area contributed by atoms with Crippen LogP contribution in [0, 0.1) is 0 Å². The molecule has 0 spiro atoms. The molecule has 1 saturated heterocycles. The number of aromatic amines is 1. The highest BCUT2D eigenvalue weighted by Gasteiger charge is 2.44. The van der Waals surface area contributed by atoms with E-state index in [0.717, 1.165) is 9.54 Å². The molecule has 1 N–H and O–H groups in total. The van der Waals surface area contributed by atoms with Crippen LogP contribution in [0.2, 0.25) is 0 Å². The summed E-state index contributed by atoms with van der Waals surface area (Å²) >= 11 is 3.32. The number of esters is 1. The number of carbonyl (C=O) groups is 2. The van der Waals surface area contributed by atoms with Gasteiger partial charge in [-0.25, -0.2) is 19.6 Å². The highest BCUT2D eigenvalue weighted by atomic mass is 79.9.